The van der Waals surface area contributed by atoms with Crippen molar-refractivity contribution in [3.8, 4) is 6.07 Å². The number of nitriles is 1. The van der Waals surface area contributed by atoms with Crippen molar-refractivity contribution < 1.29 is 4.74 Å². The number of hydrogen-bond acceptors (Lipinski definition) is 3. The van der Waals surface area contributed by atoms with Crippen molar-refractivity contribution in [2.45, 2.75) is 25.7 Å². The van der Waals surface area contributed by atoms with E-state index in [0.29, 0.717) is 5.69 Å². The molecule has 31 heavy (non-hydrogen) atoms. The molecule has 2 N–H and O–H groups in total. The summed E-state index contributed by atoms with van der Waals surface area (Å²) in [5, 5.41) is 13.1. The van der Waals surface area contributed by atoms with E-state index >= 15 is 0 Å². The molecule has 0 spiro atoms. The maximum atomic E-state index is 9.53. The Kier molecular flexibility index (Phi) is 4.62. The van der Waals surface area contributed by atoms with Crippen molar-refractivity contribution in [2.75, 3.05) is 5.32 Å². The van der Waals surface area contributed by atoms with Gasteiger partial charge in [-0.3, -0.25) is 0 Å². The number of aromatic amines is 1. The number of fused-ring (bicyclic) bond motifs is 1. The molecular weight excluding hydrogens is 382 g/mol. The van der Waals surface area contributed by atoms with Crippen LogP contribution in [0.3, 0.4) is 0 Å². The molecule has 0 aliphatic carbocycles. The number of para-hydroxylation sites is 1. The third-order valence-corrected chi connectivity index (χ3v) is 6.12. The minimum atomic E-state index is -0.794. The second kappa shape index (κ2) is 7.46. The third kappa shape index (κ3) is 2.94. The summed E-state index contributed by atoms with van der Waals surface area (Å²) < 4.78 is 7.04. The van der Waals surface area contributed by atoms with Gasteiger partial charge in [-0.05, 0) is 36.6 Å². The summed E-state index contributed by atoms with van der Waals surface area (Å²) in [6.45, 7) is 3.96. The Hall–Kier alpha value is -3.81. The maximum absolute atomic E-state index is 9.53. The molecule has 4 heteroatoms. The second-order valence-electron chi connectivity index (χ2n) is 7.88. The van der Waals surface area contributed by atoms with Crippen molar-refractivity contribution in [2.24, 2.45) is 0 Å². The predicted octanol–water partition coefficient (Wildman–Crippen LogP) is 5.94. The van der Waals surface area contributed by atoms with E-state index in [9.17, 15) is 5.26 Å². The van der Waals surface area contributed by atoms with Gasteiger partial charge in [-0.1, -0.05) is 78.9 Å². The molecule has 5 rings (SSSR count). The molecule has 0 radical (unpaired) electrons. The molecule has 1 unspecified atom stereocenters. The highest BCUT2D eigenvalue weighted by Gasteiger charge is 2.45. The Morgan fingerprint density at radius 1 is 0.839 bits per heavy atom. The van der Waals surface area contributed by atoms with E-state index in [4.69, 9.17) is 4.74 Å². The van der Waals surface area contributed by atoms with E-state index in [0.717, 1.165) is 39.2 Å². The van der Waals surface area contributed by atoms with Gasteiger partial charge in [0.05, 0.1) is 0 Å². The lowest BCUT2D eigenvalue weighted by atomic mass is 9.78. The fourth-order valence-electron chi connectivity index (χ4n) is 4.69. The van der Waals surface area contributed by atoms with Gasteiger partial charge in [-0.25, -0.2) is 0 Å². The molecule has 1 aliphatic rings. The third-order valence-electron chi connectivity index (χ3n) is 6.12. The van der Waals surface area contributed by atoms with E-state index in [1.165, 1.54) is 0 Å². The lowest BCUT2D eigenvalue weighted by Crippen LogP contribution is -2.41. The maximum Gasteiger partial charge on any atom is 0.158 e. The molecule has 1 aliphatic heterocycles. The van der Waals surface area contributed by atoms with Gasteiger partial charge in [0.25, 0.3) is 0 Å². The molecule has 1 aromatic heterocycles. The largest absolute Gasteiger partial charge is 0.356 e. The Labute approximate surface area is 182 Å². The first-order valence-corrected chi connectivity index (χ1v) is 10.4. The topological polar surface area (TPSA) is 60.8 Å². The molecule has 0 amide bonds. The van der Waals surface area contributed by atoms with Crippen LogP contribution in [0.4, 0.5) is 5.69 Å². The summed E-state index contributed by atoms with van der Waals surface area (Å²) >= 11 is 0. The number of nitrogens with zero attached hydrogens (tertiary/aromatic N) is 1. The molecule has 4 aromatic rings. The zero-order chi connectivity index (χ0) is 21.4. The number of aromatic nitrogens is 1. The fraction of sp³-hybridized carbons (Fsp3) is 0.148. The van der Waals surface area contributed by atoms with Crippen LogP contribution in [0, 0.1) is 25.2 Å². The number of hydrogen-bond donors (Lipinski definition) is 2. The lowest BCUT2D eigenvalue weighted by Gasteiger charge is -2.44. The molecule has 0 saturated carbocycles. The summed E-state index contributed by atoms with van der Waals surface area (Å²) in [6, 6.07) is 31.2. The summed E-state index contributed by atoms with van der Waals surface area (Å²) in [5.74, 6) is 0. The lowest BCUT2D eigenvalue weighted by molar-refractivity contribution is -0.0436. The van der Waals surface area contributed by atoms with Crippen LogP contribution in [-0.4, -0.2) is 4.98 Å². The highest BCUT2D eigenvalue weighted by Crippen LogP contribution is 2.50. The highest BCUT2D eigenvalue weighted by atomic mass is 16.5. The number of anilines is 1. The van der Waals surface area contributed by atoms with Crippen LogP contribution in [-0.2, 0) is 10.3 Å². The van der Waals surface area contributed by atoms with Crippen molar-refractivity contribution in [1.29, 1.82) is 5.26 Å². The SMILES string of the molecule is Cc1[nH]c(C#N)c(C)c1C1Nc2ccccc2C(c2ccccc2)(c2ccccc2)O1. The standard InChI is InChI=1S/C27H23N3O/c1-18-24(17-28)29-19(2)25(18)26-30-23-16-10-9-15-22(23)27(31-26,20-11-5-3-6-12-20)21-13-7-4-8-14-21/h3-16,26,29-30H,1-2H3. The summed E-state index contributed by atoms with van der Waals surface area (Å²) in [4.78, 5) is 3.21. The summed E-state index contributed by atoms with van der Waals surface area (Å²) in [5.41, 5.74) is 6.80. The number of nitrogens with one attached hydrogen (secondary N) is 2. The normalized spacial score (nSPS) is 16.7. The number of H-pyrrole nitrogens is 1. The van der Waals surface area contributed by atoms with Gasteiger partial charge in [0.1, 0.15) is 17.4 Å². The van der Waals surface area contributed by atoms with E-state index < -0.39 is 11.8 Å². The van der Waals surface area contributed by atoms with Crippen LogP contribution in [0.2, 0.25) is 0 Å². The Morgan fingerprint density at radius 2 is 1.42 bits per heavy atom. The number of rotatable bonds is 3. The van der Waals surface area contributed by atoms with Crippen LogP contribution >= 0.6 is 0 Å². The van der Waals surface area contributed by atoms with Gasteiger partial charge in [-0.15, -0.1) is 0 Å². The zero-order valence-electron chi connectivity index (χ0n) is 17.5. The van der Waals surface area contributed by atoms with Crippen molar-refractivity contribution >= 4 is 5.69 Å². The monoisotopic (exact) mass is 405 g/mol. The van der Waals surface area contributed by atoms with Gasteiger partial charge in [0.15, 0.2) is 6.23 Å². The van der Waals surface area contributed by atoms with E-state index in [1.54, 1.807) is 0 Å². The van der Waals surface area contributed by atoms with Gasteiger partial charge in [-0.2, -0.15) is 5.26 Å². The van der Waals surface area contributed by atoms with Crippen LogP contribution in [0.15, 0.2) is 84.9 Å². The average molecular weight is 406 g/mol. The summed E-state index contributed by atoms with van der Waals surface area (Å²) in [6.07, 6.45) is -0.423. The molecule has 1 atom stereocenters. The van der Waals surface area contributed by atoms with Crippen LogP contribution in [0.5, 0.6) is 0 Å². The minimum Gasteiger partial charge on any atom is -0.356 e. The molecular formula is C27H23N3O. The second-order valence-corrected chi connectivity index (χ2v) is 7.88. The number of benzene rings is 3. The quantitative estimate of drug-likeness (QED) is 0.444. The van der Waals surface area contributed by atoms with Gasteiger partial charge in [0.2, 0.25) is 0 Å². The fourth-order valence-corrected chi connectivity index (χ4v) is 4.69. The van der Waals surface area contributed by atoms with Gasteiger partial charge < -0.3 is 15.0 Å². The summed E-state index contributed by atoms with van der Waals surface area (Å²) in [7, 11) is 0. The van der Waals surface area contributed by atoms with Crippen LogP contribution in [0.1, 0.15) is 45.4 Å². The highest BCUT2D eigenvalue weighted by molar-refractivity contribution is 5.64. The first-order chi connectivity index (χ1) is 15.1. The Bertz CT molecular complexity index is 1230. The predicted molar refractivity (Wildman–Crippen MR) is 122 cm³/mol. The molecule has 0 fully saturated rings. The number of aryl methyl sites for hydroxylation is 1. The molecule has 2 heterocycles. The molecule has 0 bridgehead atoms. The van der Waals surface area contributed by atoms with Gasteiger partial charge in [0, 0.05) is 22.5 Å². The first-order valence-electron chi connectivity index (χ1n) is 10.4. The molecule has 4 nitrogen and oxygen atoms in total. The Morgan fingerprint density at radius 3 is 2.00 bits per heavy atom. The van der Waals surface area contributed by atoms with E-state index in [-0.39, 0.29) is 0 Å². The minimum absolute atomic E-state index is 0.423. The zero-order valence-corrected chi connectivity index (χ0v) is 17.5. The van der Waals surface area contributed by atoms with Crippen LogP contribution in [0.25, 0.3) is 0 Å². The number of ether oxygens (including phenoxy) is 1. The smallest absolute Gasteiger partial charge is 0.158 e. The Balaban J connectivity index is 1.80. The van der Waals surface area contributed by atoms with E-state index in [1.807, 2.05) is 62.4 Å². The van der Waals surface area contributed by atoms with Crippen molar-refractivity contribution in [1.82, 2.24) is 4.98 Å². The van der Waals surface area contributed by atoms with Gasteiger partial charge >= 0.3 is 0 Å². The van der Waals surface area contributed by atoms with E-state index in [2.05, 4.69) is 52.8 Å². The van der Waals surface area contributed by atoms with Crippen molar-refractivity contribution in [3.05, 3.63) is 124 Å². The average Bonchev–Trinajstić information content (AvgIpc) is 3.12. The van der Waals surface area contributed by atoms with Crippen molar-refractivity contribution in [3.63, 3.8) is 0 Å². The molecule has 0 saturated heterocycles. The molecule has 3 aromatic carbocycles. The van der Waals surface area contributed by atoms with Crippen LogP contribution < -0.4 is 5.32 Å². The molecule has 152 valence electrons. The first kappa shape index (κ1) is 19.2.